The maximum atomic E-state index is 12.1. The zero-order valence-electron chi connectivity index (χ0n) is 9.32. The van der Waals surface area contributed by atoms with Gasteiger partial charge in [0.15, 0.2) is 0 Å². The van der Waals surface area contributed by atoms with Crippen molar-refractivity contribution in [3.05, 3.63) is 0 Å². The van der Waals surface area contributed by atoms with Crippen LogP contribution in [0.15, 0.2) is 0 Å². The molecule has 0 spiro atoms. The van der Waals surface area contributed by atoms with Gasteiger partial charge in [0.05, 0.1) is 5.54 Å². The van der Waals surface area contributed by atoms with Crippen molar-refractivity contribution in [3.8, 4) is 0 Å². The minimum absolute atomic E-state index is 0.173. The minimum atomic E-state index is -0.961. The standard InChI is InChI=1S/C11H18N2O3/c12-11(4-1-5-11)10(16)13(7-9(14)15)6-8-2-3-8/h8H,1-7,12H2,(H,14,15). The summed E-state index contributed by atoms with van der Waals surface area (Å²) >= 11 is 0. The number of rotatable bonds is 5. The van der Waals surface area contributed by atoms with Crippen molar-refractivity contribution in [1.82, 2.24) is 4.90 Å². The number of carbonyl (C=O) groups excluding carboxylic acids is 1. The van der Waals surface area contributed by atoms with Crippen LogP contribution >= 0.6 is 0 Å². The summed E-state index contributed by atoms with van der Waals surface area (Å²) in [6, 6.07) is 0. The Hall–Kier alpha value is -1.10. The van der Waals surface area contributed by atoms with Gasteiger partial charge in [-0.25, -0.2) is 0 Å². The summed E-state index contributed by atoms with van der Waals surface area (Å²) in [7, 11) is 0. The highest BCUT2D eigenvalue weighted by Gasteiger charge is 2.44. The Labute approximate surface area is 94.6 Å². The van der Waals surface area contributed by atoms with Crippen LogP contribution in [0, 0.1) is 5.92 Å². The third-order valence-corrected chi connectivity index (χ3v) is 3.46. The first-order valence-corrected chi connectivity index (χ1v) is 5.81. The van der Waals surface area contributed by atoms with Crippen LogP contribution in [-0.4, -0.2) is 40.5 Å². The number of amides is 1. The summed E-state index contributed by atoms with van der Waals surface area (Å²) in [6.07, 6.45) is 4.54. The Bertz CT molecular complexity index is 308. The van der Waals surface area contributed by atoms with Crippen LogP contribution in [0.3, 0.4) is 0 Å². The van der Waals surface area contributed by atoms with Crippen molar-refractivity contribution in [3.63, 3.8) is 0 Å². The summed E-state index contributed by atoms with van der Waals surface area (Å²) in [5, 5.41) is 8.79. The fraction of sp³-hybridized carbons (Fsp3) is 0.818. The third-order valence-electron chi connectivity index (χ3n) is 3.46. The largest absolute Gasteiger partial charge is 0.480 e. The molecular formula is C11H18N2O3. The van der Waals surface area contributed by atoms with Crippen LogP contribution in [0.2, 0.25) is 0 Å². The minimum Gasteiger partial charge on any atom is -0.480 e. The van der Waals surface area contributed by atoms with Gasteiger partial charge in [-0.15, -0.1) is 0 Å². The molecular weight excluding hydrogens is 208 g/mol. The quantitative estimate of drug-likeness (QED) is 0.701. The van der Waals surface area contributed by atoms with Crippen LogP contribution < -0.4 is 5.73 Å². The molecule has 1 amide bonds. The fourth-order valence-electron chi connectivity index (χ4n) is 2.08. The van der Waals surface area contributed by atoms with Crippen molar-refractivity contribution in [2.24, 2.45) is 11.7 Å². The monoisotopic (exact) mass is 226 g/mol. The van der Waals surface area contributed by atoms with Crippen LogP contribution in [0.1, 0.15) is 32.1 Å². The lowest BCUT2D eigenvalue weighted by Crippen LogP contribution is -2.60. The average Bonchev–Trinajstić information content (AvgIpc) is 2.95. The van der Waals surface area contributed by atoms with Crippen molar-refractivity contribution < 1.29 is 14.7 Å². The molecule has 16 heavy (non-hydrogen) atoms. The molecule has 0 bridgehead atoms. The molecule has 5 nitrogen and oxygen atoms in total. The molecule has 0 saturated heterocycles. The summed E-state index contributed by atoms with van der Waals surface area (Å²) in [5.74, 6) is -0.642. The van der Waals surface area contributed by atoms with E-state index < -0.39 is 11.5 Å². The first-order valence-electron chi connectivity index (χ1n) is 5.81. The molecule has 2 rings (SSSR count). The van der Waals surface area contributed by atoms with Crippen LogP contribution in [-0.2, 0) is 9.59 Å². The average molecular weight is 226 g/mol. The van der Waals surface area contributed by atoms with E-state index in [1.54, 1.807) is 0 Å². The number of hydrogen-bond donors (Lipinski definition) is 2. The van der Waals surface area contributed by atoms with Crippen LogP contribution in [0.25, 0.3) is 0 Å². The zero-order chi connectivity index (χ0) is 11.8. The molecule has 2 fully saturated rings. The highest BCUT2D eigenvalue weighted by Crippen LogP contribution is 2.34. The molecule has 3 N–H and O–H groups in total. The second-order valence-electron chi connectivity index (χ2n) is 5.03. The van der Waals surface area contributed by atoms with Gasteiger partial charge < -0.3 is 15.7 Å². The van der Waals surface area contributed by atoms with Crippen LogP contribution in [0.4, 0.5) is 0 Å². The maximum absolute atomic E-state index is 12.1. The third kappa shape index (κ3) is 2.35. The van der Waals surface area contributed by atoms with Crippen molar-refractivity contribution >= 4 is 11.9 Å². The SMILES string of the molecule is NC1(C(=O)N(CC(=O)O)CC2CC2)CCC1. The lowest BCUT2D eigenvalue weighted by atomic mass is 9.76. The van der Waals surface area contributed by atoms with Gasteiger partial charge in [-0.1, -0.05) is 0 Å². The Morgan fingerprint density at radius 3 is 2.38 bits per heavy atom. The van der Waals surface area contributed by atoms with E-state index in [0.29, 0.717) is 25.3 Å². The van der Waals surface area contributed by atoms with E-state index in [0.717, 1.165) is 19.3 Å². The van der Waals surface area contributed by atoms with Crippen molar-refractivity contribution in [2.45, 2.75) is 37.6 Å². The topological polar surface area (TPSA) is 83.6 Å². The highest BCUT2D eigenvalue weighted by atomic mass is 16.4. The van der Waals surface area contributed by atoms with Crippen LogP contribution in [0.5, 0.6) is 0 Å². The van der Waals surface area contributed by atoms with Crippen molar-refractivity contribution in [1.29, 1.82) is 0 Å². The summed E-state index contributed by atoms with van der Waals surface area (Å²) in [5.41, 5.74) is 5.16. The lowest BCUT2D eigenvalue weighted by molar-refractivity contribution is -0.149. The predicted octanol–water partition coefficient (Wildman–Crippen LogP) is 0.191. The fourth-order valence-corrected chi connectivity index (χ4v) is 2.08. The molecule has 5 heteroatoms. The Kier molecular flexibility index (Phi) is 2.88. The highest BCUT2D eigenvalue weighted by molar-refractivity contribution is 5.89. The number of nitrogens with zero attached hydrogens (tertiary/aromatic N) is 1. The number of aliphatic carboxylic acids is 1. The number of hydrogen-bond acceptors (Lipinski definition) is 3. The molecule has 90 valence electrons. The van der Waals surface area contributed by atoms with Gasteiger partial charge in [0.2, 0.25) is 5.91 Å². The Morgan fingerprint density at radius 2 is 2.00 bits per heavy atom. The molecule has 0 unspecified atom stereocenters. The number of carboxylic acids is 1. The Morgan fingerprint density at radius 1 is 1.38 bits per heavy atom. The summed E-state index contributed by atoms with van der Waals surface area (Å²) < 4.78 is 0. The number of carboxylic acid groups (broad SMARTS) is 1. The van der Waals surface area contributed by atoms with E-state index in [2.05, 4.69) is 0 Å². The van der Waals surface area contributed by atoms with Gasteiger partial charge in [0.1, 0.15) is 6.54 Å². The molecule has 2 aliphatic rings. The molecule has 0 aliphatic heterocycles. The van der Waals surface area contributed by atoms with Gasteiger partial charge >= 0.3 is 5.97 Å². The van der Waals surface area contributed by atoms with Gasteiger partial charge in [0.25, 0.3) is 0 Å². The second-order valence-corrected chi connectivity index (χ2v) is 5.03. The summed E-state index contributed by atoms with van der Waals surface area (Å²) in [4.78, 5) is 24.2. The van der Waals surface area contributed by atoms with E-state index in [-0.39, 0.29) is 12.5 Å². The van der Waals surface area contributed by atoms with Crippen molar-refractivity contribution in [2.75, 3.05) is 13.1 Å². The van der Waals surface area contributed by atoms with Gasteiger partial charge in [0, 0.05) is 6.54 Å². The van der Waals surface area contributed by atoms with Gasteiger partial charge in [-0.2, -0.15) is 0 Å². The molecule has 0 atom stereocenters. The smallest absolute Gasteiger partial charge is 0.323 e. The van der Waals surface area contributed by atoms with E-state index in [9.17, 15) is 9.59 Å². The molecule has 0 aromatic heterocycles. The normalized spacial score (nSPS) is 22.3. The Balaban J connectivity index is 1.98. The van der Waals surface area contributed by atoms with E-state index >= 15 is 0 Å². The zero-order valence-corrected chi connectivity index (χ0v) is 9.32. The molecule has 2 saturated carbocycles. The molecule has 0 aromatic carbocycles. The molecule has 0 heterocycles. The van der Waals surface area contributed by atoms with Gasteiger partial charge in [-0.3, -0.25) is 9.59 Å². The first kappa shape index (κ1) is 11.4. The van der Waals surface area contributed by atoms with E-state index in [1.165, 1.54) is 4.90 Å². The summed E-state index contributed by atoms with van der Waals surface area (Å²) in [6.45, 7) is 0.346. The second kappa shape index (κ2) is 4.05. The molecule has 0 aromatic rings. The maximum Gasteiger partial charge on any atom is 0.323 e. The first-order chi connectivity index (χ1) is 7.51. The van der Waals surface area contributed by atoms with E-state index in [1.807, 2.05) is 0 Å². The number of nitrogens with two attached hydrogens (primary N) is 1. The molecule has 0 radical (unpaired) electrons. The lowest BCUT2D eigenvalue weighted by Gasteiger charge is -2.40. The van der Waals surface area contributed by atoms with E-state index in [4.69, 9.17) is 10.8 Å². The van der Waals surface area contributed by atoms with Gasteiger partial charge in [-0.05, 0) is 38.0 Å². The molecule has 2 aliphatic carbocycles. The number of carbonyl (C=O) groups is 2. The predicted molar refractivity (Wildman–Crippen MR) is 57.7 cm³/mol.